The van der Waals surface area contributed by atoms with Gasteiger partial charge >= 0.3 is 6.03 Å². The van der Waals surface area contributed by atoms with E-state index in [2.05, 4.69) is 5.32 Å². The van der Waals surface area contributed by atoms with Crippen molar-refractivity contribution in [3.8, 4) is 0 Å². The molecule has 2 amide bonds. The second-order valence-corrected chi connectivity index (χ2v) is 8.38. The third kappa shape index (κ3) is 4.57. The zero-order valence-corrected chi connectivity index (χ0v) is 13.9. The van der Waals surface area contributed by atoms with Crippen LogP contribution in [-0.4, -0.2) is 62.6 Å². The molecule has 1 saturated heterocycles. The fraction of sp³-hybridized carbons (Fsp3) is 0.929. The minimum absolute atomic E-state index is 0.00218. The Hall–Kier alpha value is -0.820. The highest BCUT2D eigenvalue weighted by Crippen LogP contribution is 2.24. The van der Waals surface area contributed by atoms with Crippen molar-refractivity contribution in [2.75, 3.05) is 32.9 Å². The van der Waals surface area contributed by atoms with Gasteiger partial charge in [-0.05, 0) is 31.6 Å². The molecule has 2 aliphatic rings. The van der Waals surface area contributed by atoms with E-state index in [1.165, 1.54) is 36.2 Å². The van der Waals surface area contributed by atoms with Crippen LogP contribution in [0, 0.1) is 5.92 Å². The van der Waals surface area contributed by atoms with Gasteiger partial charge < -0.3 is 10.2 Å². The van der Waals surface area contributed by atoms with Crippen LogP contribution in [0.4, 0.5) is 4.79 Å². The van der Waals surface area contributed by atoms with Crippen molar-refractivity contribution < 1.29 is 13.2 Å². The number of carbonyl (C=O) groups is 1. The summed E-state index contributed by atoms with van der Waals surface area (Å²) in [4.78, 5) is 13.9. The van der Waals surface area contributed by atoms with Crippen molar-refractivity contribution in [1.29, 1.82) is 0 Å². The maximum Gasteiger partial charge on any atom is 0.317 e. The van der Waals surface area contributed by atoms with Crippen LogP contribution >= 0.6 is 0 Å². The fourth-order valence-electron chi connectivity index (χ4n) is 3.26. The number of hydrogen-bond donors (Lipinski definition) is 1. The van der Waals surface area contributed by atoms with Crippen LogP contribution in [0.2, 0.25) is 0 Å². The molecule has 1 aliphatic carbocycles. The molecule has 1 N–H and O–H groups in total. The van der Waals surface area contributed by atoms with E-state index >= 15 is 0 Å². The molecule has 2 rings (SSSR count). The summed E-state index contributed by atoms with van der Waals surface area (Å²) in [5.41, 5.74) is 0. The van der Waals surface area contributed by atoms with Crippen LogP contribution in [0.25, 0.3) is 0 Å². The maximum atomic E-state index is 12.1. The number of rotatable bonds is 4. The van der Waals surface area contributed by atoms with Gasteiger partial charge in [0.25, 0.3) is 0 Å². The molecule has 1 aliphatic heterocycles. The second kappa shape index (κ2) is 6.96. The van der Waals surface area contributed by atoms with Crippen LogP contribution in [0.1, 0.15) is 38.5 Å². The molecule has 1 saturated carbocycles. The van der Waals surface area contributed by atoms with Gasteiger partial charge in [0.15, 0.2) is 0 Å². The lowest BCUT2D eigenvalue weighted by atomic mass is 10.1. The molecule has 122 valence electrons. The van der Waals surface area contributed by atoms with Gasteiger partial charge in [-0.2, -0.15) is 0 Å². The first-order valence-electron chi connectivity index (χ1n) is 7.83. The molecule has 0 aromatic heterocycles. The number of nitrogens with one attached hydrogen (secondary N) is 1. The van der Waals surface area contributed by atoms with Crippen molar-refractivity contribution in [3.05, 3.63) is 0 Å². The molecule has 0 aromatic rings. The quantitative estimate of drug-likeness (QED) is 0.848. The van der Waals surface area contributed by atoms with E-state index in [1.807, 2.05) is 4.90 Å². The van der Waals surface area contributed by atoms with Crippen LogP contribution in [0.5, 0.6) is 0 Å². The molecule has 2 fully saturated rings. The highest BCUT2D eigenvalue weighted by Gasteiger charge is 2.29. The highest BCUT2D eigenvalue weighted by molar-refractivity contribution is 7.88. The van der Waals surface area contributed by atoms with Crippen molar-refractivity contribution in [1.82, 2.24) is 14.5 Å². The molecule has 1 heterocycles. The predicted molar refractivity (Wildman–Crippen MR) is 82.6 cm³/mol. The average molecular weight is 317 g/mol. The zero-order chi connectivity index (χ0) is 15.5. The molecule has 0 radical (unpaired) electrons. The van der Waals surface area contributed by atoms with E-state index in [9.17, 15) is 13.2 Å². The second-order valence-electron chi connectivity index (χ2n) is 6.33. The Kier molecular flexibility index (Phi) is 5.48. The number of piperidine rings is 1. The number of amides is 2. The van der Waals surface area contributed by atoms with Crippen LogP contribution in [-0.2, 0) is 10.0 Å². The first-order chi connectivity index (χ1) is 9.88. The Morgan fingerprint density at radius 2 is 1.76 bits per heavy atom. The molecule has 7 heteroatoms. The van der Waals surface area contributed by atoms with E-state index in [0.29, 0.717) is 31.8 Å². The van der Waals surface area contributed by atoms with Gasteiger partial charge in [-0.25, -0.2) is 17.5 Å². The Morgan fingerprint density at radius 3 is 2.29 bits per heavy atom. The Balaban J connectivity index is 1.74. The molecule has 0 spiro atoms. The summed E-state index contributed by atoms with van der Waals surface area (Å²) in [6.07, 6.45) is 7.66. The van der Waals surface area contributed by atoms with E-state index in [4.69, 9.17) is 0 Å². The summed E-state index contributed by atoms with van der Waals surface area (Å²) >= 11 is 0. The summed E-state index contributed by atoms with van der Waals surface area (Å²) in [6.45, 7) is 2.03. The van der Waals surface area contributed by atoms with Gasteiger partial charge in [0.05, 0.1) is 6.26 Å². The lowest BCUT2D eigenvalue weighted by Gasteiger charge is -2.35. The Labute approximate surface area is 127 Å². The molecule has 21 heavy (non-hydrogen) atoms. The topological polar surface area (TPSA) is 69.7 Å². The molecule has 0 atom stereocenters. The van der Waals surface area contributed by atoms with Crippen LogP contribution in [0.3, 0.4) is 0 Å². The van der Waals surface area contributed by atoms with Crippen molar-refractivity contribution in [2.45, 2.75) is 44.6 Å². The van der Waals surface area contributed by atoms with Gasteiger partial charge in [-0.15, -0.1) is 0 Å². The third-order valence-corrected chi connectivity index (χ3v) is 6.15. The molecule has 0 bridgehead atoms. The monoisotopic (exact) mass is 317 g/mol. The number of nitrogens with zero attached hydrogens (tertiary/aromatic N) is 2. The maximum absolute atomic E-state index is 12.1. The normalized spacial score (nSPS) is 22.0. The summed E-state index contributed by atoms with van der Waals surface area (Å²) < 4.78 is 24.5. The van der Waals surface area contributed by atoms with E-state index < -0.39 is 10.0 Å². The lowest BCUT2D eigenvalue weighted by Crippen LogP contribution is -2.50. The molecule has 6 nitrogen and oxygen atoms in total. The van der Waals surface area contributed by atoms with Crippen LogP contribution < -0.4 is 5.32 Å². The van der Waals surface area contributed by atoms with Gasteiger partial charge in [-0.3, -0.25) is 0 Å². The minimum Gasteiger partial charge on any atom is -0.338 e. The van der Waals surface area contributed by atoms with E-state index in [1.54, 1.807) is 7.05 Å². The van der Waals surface area contributed by atoms with Gasteiger partial charge in [0.1, 0.15) is 0 Å². The van der Waals surface area contributed by atoms with Crippen molar-refractivity contribution >= 4 is 16.1 Å². The first kappa shape index (κ1) is 16.5. The third-order valence-electron chi connectivity index (χ3n) is 4.81. The Bertz CT molecular complexity index is 452. The van der Waals surface area contributed by atoms with Crippen molar-refractivity contribution in [3.63, 3.8) is 0 Å². The number of sulfonamides is 1. The summed E-state index contributed by atoms with van der Waals surface area (Å²) in [5.74, 6) is 0.642. The zero-order valence-electron chi connectivity index (χ0n) is 13.0. The number of likely N-dealkylation sites (tertiary alicyclic amines) is 1. The molecular weight excluding hydrogens is 290 g/mol. The average Bonchev–Trinajstić information content (AvgIpc) is 2.96. The van der Waals surface area contributed by atoms with Gasteiger partial charge in [0, 0.05) is 32.7 Å². The molecular formula is C14H27N3O3S. The largest absolute Gasteiger partial charge is 0.338 e. The first-order valence-corrected chi connectivity index (χ1v) is 9.68. The standard InChI is InChI=1S/C14H27N3O3S/c1-16(21(2,19)20)13-7-9-17(10-8-13)14(18)15-11-12-5-3-4-6-12/h12-13H,3-11H2,1-2H3,(H,15,18). The molecule has 0 aromatic carbocycles. The number of hydrogen-bond acceptors (Lipinski definition) is 3. The Morgan fingerprint density at radius 1 is 1.19 bits per heavy atom. The highest BCUT2D eigenvalue weighted by atomic mass is 32.2. The summed E-state index contributed by atoms with van der Waals surface area (Å²) in [6, 6.07) is 0.0150. The van der Waals surface area contributed by atoms with Crippen molar-refractivity contribution in [2.24, 2.45) is 5.92 Å². The van der Waals surface area contributed by atoms with Crippen LogP contribution in [0.15, 0.2) is 0 Å². The van der Waals surface area contributed by atoms with Gasteiger partial charge in [-0.1, -0.05) is 12.8 Å². The minimum atomic E-state index is -3.15. The van der Waals surface area contributed by atoms with Gasteiger partial charge in [0.2, 0.25) is 10.0 Å². The van der Waals surface area contributed by atoms with E-state index in [-0.39, 0.29) is 12.1 Å². The lowest BCUT2D eigenvalue weighted by molar-refractivity contribution is 0.163. The van der Waals surface area contributed by atoms with E-state index in [0.717, 1.165) is 6.54 Å². The SMILES string of the molecule is CN(C1CCN(C(=O)NCC2CCCC2)CC1)S(C)(=O)=O. The number of carbonyl (C=O) groups excluding carboxylic acids is 1. The predicted octanol–water partition coefficient (Wildman–Crippen LogP) is 1.24. The summed E-state index contributed by atoms with van der Waals surface area (Å²) in [5, 5.41) is 3.02. The number of urea groups is 1. The summed E-state index contributed by atoms with van der Waals surface area (Å²) in [7, 11) is -1.53. The smallest absolute Gasteiger partial charge is 0.317 e. The molecule has 0 unspecified atom stereocenters. The fourth-order valence-corrected chi connectivity index (χ4v) is 4.01.